The lowest BCUT2D eigenvalue weighted by molar-refractivity contribution is -0.384. The van der Waals surface area contributed by atoms with E-state index in [2.05, 4.69) is 15.8 Å². The van der Waals surface area contributed by atoms with E-state index in [-0.39, 0.29) is 10.7 Å². The quantitative estimate of drug-likeness (QED) is 0.371. The summed E-state index contributed by atoms with van der Waals surface area (Å²) in [6, 6.07) is 8.07. The lowest BCUT2D eigenvalue weighted by Gasteiger charge is -2.07. The molecular formula is C14H13ClN4O3S. The second-order valence-corrected chi connectivity index (χ2v) is 5.31. The molecule has 0 bridgehead atoms. The third-order valence-corrected chi connectivity index (χ3v) is 3.44. The number of nitrogens with zero attached hydrogens (tertiary/aromatic N) is 2. The number of hydrazone groups is 1. The van der Waals surface area contributed by atoms with E-state index in [1.807, 2.05) is 6.07 Å². The van der Waals surface area contributed by atoms with Crippen molar-refractivity contribution in [1.29, 1.82) is 0 Å². The van der Waals surface area contributed by atoms with Gasteiger partial charge >= 0.3 is 0 Å². The summed E-state index contributed by atoms with van der Waals surface area (Å²) < 4.78 is 5.16. The largest absolute Gasteiger partial charge is 0.467 e. The molecule has 1 aromatic heterocycles. The van der Waals surface area contributed by atoms with Crippen molar-refractivity contribution in [3.63, 3.8) is 0 Å². The molecule has 0 saturated heterocycles. The summed E-state index contributed by atoms with van der Waals surface area (Å²) in [5.41, 5.74) is 3.61. The summed E-state index contributed by atoms with van der Waals surface area (Å²) in [5, 5.41) is 18.3. The van der Waals surface area contributed by atoms with Crippen molar-refractivity contribution in [2.75, 3.05) is 0 Å². The van der Waals surface area contributed by atoms with Crippen LogP contribution in [0.25, 0.3) is 0 Å². The summed E-state index contributed by atoms with van der Waals surface area (Å²) in [6.07, 6.45) is 1.57. The van der Waals surface area contributed by atoms with Crippen molar-refractivity contribution in [2.45, 2.75) is 13.5 Å². The molecule has 0 unspecified atom stereocenters. The molecule has 0 amide bonds. The SMILES string of the molecule is C/C(=N\NC(=S)NCc1ccco1)c1ccc(Cl)c([N+](=O)[O-])c1. The van der Waals surface area contributed by atoms with Gasteiger partial charge < -0.3 is 9.73 Å². The Bertz CT molecular complexity index is 746. The van der Waals surface area contributed by atoms with Gasteiger partial charge in [0.1, 0.15) is 10.8 Å². The molecule has 0 fully saturated rings. The van der Waals surface area contributed by atoms with Crippen molar-refractivity contribution in [2.24, 2.45) is 5.10 Å². The number of rotatable bonds is 5. The van der Waals surface area contributed by atoms with Crippen LogP contribution in [-0.2, 0) is 6.54 Å². The first-order chi connectivity index (χ1) is 11.0. The molecule has 2 aromatic rings. The van der Waals surface area contributed by atoms with E-state index in [9.17, 15) is 10.1 Å². The normalized spacial score (nSPS) is 11.1. The minimum absolute atomic E-state index is 0.0788. The van der Waals surface area contributed by atoms with Crippen LogP contribution in [-0.4, -0.2) is 15.7 Å². The van der Waals surface area contributed by atoms with E-state index in [1.54, 1.807) is 25.3 Å². The zero-order chi connectivity index (χ0) is 16.8. The van der Waals surface area contributed by atoms with Crippen molar-refractivity contribution in [3.05, 3.63) is 63.1 Å². The van der Waals surface area contributed by atoms with Crippen LogP contribution >= 0.6 is 23.8 Å². The number of halogens is 1. The predicted molar refractivity (Wildman–Crippen MR) is 91.6 cm³/mol. The molecule has 2 N–H and O–H groups in total. The molecule has 0 atom stereocenters. The third kappa shape index (κ3) is 4.76. The Labute approximate surface area is 142 Å². The molecule has 0 saturated carbocycles. The molecule has 1 heterocycles. The maximum atomic E-state index is 10.9. The smallest absolute Gasteiger partial charge is 0.288 e. The van der Waals surface area contributed by atoms with Crippen LogP contribution in [0.5, 0.6) is 0 Å². The van der Waals surface area contributed by atoms with E-state index in [1.165, 1.54) is 12.1 Å². The topological polar surface area (TPSA) is 92.7 Å². The van der Waals surface area contributed by atoms with Gasteiger partial charge in [-0.15, -0.1) is 0 Å². The second-order valence-electron chi connectivity index (χ2n) is 4.49. The lowest BCUT2D eigenvalue weighted by atomic mass is 10.1. The number of furan rings is 1. The van der Waals surface area contributed by atoms with Gasteiger partial charge in [0.2, 0.25) is 0 Å². The fourth-order valence-corrected chi connectivity index (χ4v) is 2.00. The number of thiocarbonyl (C=S) groups is 1. The number of hydrogen-bond donors (Lipinski definition) is 2. The third-order valence-electron chi connectivity index (χ3n) is 2.89. The number of benzene rings is 1. The van der Waals surface area contributed by atoms with Gasteiger partial charge in [0.15, 0.2) is 5.11 Å². The molecule has 0 spiro atoms. The highest BCUT2D eigenvalue weighted by atomic mass is 35.5. The van der Waals surface area contributed by atoms with Crippen molar-refractivity contribution in [3.8, 4) is 0 Å². The monoisotopic (exact) mass is 352 g/mol. The second kappa shape index (κ2) is 7.70. The summed E-state index contributed by atoms with van der Waals surface area (Å²) in [5.74, 6) is 0.739. The van der Waals surface area contributed by atoms with E-state index in [4.69, 9.17) is 28.2 Å². The zero-order valence-corrected chi connectivity index (χ0v) is 13.6. The summed E-state index contributed by atoms with van der Waals surface area (Å²) in [4.78, 5) is 10.3. The number of nitro groups is 1. The highest BCUT2D eigenvalue weighted by Crippen LogP contribution is 2.25. The van der Waals surface area contributed by atoms with Gasteiger partial charge in [-0.25, -0.2) is 0 Å². The average Bonchev–Trinajstić information content (AvgIpc) is 3.04. The van der Waals surface area contributed by atoms with Crippen molar-refractivity contribution in [1.82, 2.24) is 10.7 Å². The fraction of sp³-hybridized carbons (Fsp3) is 0.143. The number of hydrogen-bond acceptors (Lipinski definition) is 5. The van der Waals surface area contributed by atoms with E-state index in [0.29, 0.717) is 22.9 Å². The highest BCUT2D eigenvalue weighted by Gasteiger charge is 2.13. The Hall–Kier alpha value is -2.45. The minimum Gasteiger partial charge on any atom is -0.467 e. The fourth-order valence-electron chi connectivity index (χ4n) is 1.70. The lowest BCUT2D eigenvalue weighted by Crippen LogP contribution is -2.32. The van der Waals surface area contributed by atoms with Gasteiger partial charge in [0.25, 0.3) is 5.69 Å². The molecule has 120 valence electrons. The Morgan fingerprint density at radius 1 is 1.48 bits per heavy atom. The molecular weight excluding hydrogens is 340 g/mol. The summed E-state index contributed by atoms with van der Waals surface area (Å²) >= 11 is 10.9. The molecule has 1 aromatic carbocycles. The average molecular weight is 353 g/mol. The Kier molecular flexibility index (Phi) is 5.67. The maximum absolute atomic E-state index is 10.9. The van der Waals surface area contributed by atoms with Crippen molar-refractivity contribution < 1.29 is 9.34 Å². The predicted octanol–water partition coefficient (Wildman–Crippen LogP) is 3.23. The number of nitrogens with one attached hydrogen (secondary N) is 2. The van der Waals surface area contributed by atoms with Gasteiger partial charge in [-0.2, -0.15) is 5.10 Å². The van der Waals surface area contributed by atoms with Crippen LogP contribution < -0.4 is 10.7 Å². The van der Waals surface area contributed by atoms with E-state index >= 15 is 0 Å². The summed E-state index contributed by atoms with van der Waals surface area (Å²) in [6.45, 7) is 2.13. The van der Waals surface area contributed by atoms with Gasteiger partial charge in [-0.3, -0.25) is 15.5 Å². The molecule has 23 heavy (non-hydrogen) atoms. The van der Waals surface area contributed by atoms with Gasteiger partial charge in [-0.05, 0) is 37.3 Å². The van der Waals surface area contributed by atoms with Crippen LogP contribution in [0.3, 0.4) is 0 Å². The molecule has 0 radical (unpaired) electrons. The first-order valence-corrected chi connectivity index (χ1v) is 7.31. The van der Waals surface area contributed by atoms with Crippen molar-refractivity contribution >= 4 is 40.3 Å². The zero-order valence-electron chi connectivity index (χ0n) is 12.1. The highest BCUT2D eigenvalue weighted by molar-refractivity contribution is 7.80. The minimum atomic E-state index is -0.540. The molecule has 9 heteroatoms. The van der Waals surface area contributed by atoms with Gasteiger partial charge in [-0.1, -0.05) is 17.7 Å². The van der Waals surface area contributed by atoms with E-state index in [0.717, 1.165) is 5.76 Å². The van der Waals surface area contributed by atoms with E-state index < -0.39 is 4.92 Å². The number of nitro benzene ring substituents is 1. The first kappa shape index (κ1) is 16.9. The van der Waals surface area contributed by atoms with Crippen LogP contribution in [0, 0.1) is 10.1 Å². The Morgan fingerprint density at radius 3 is 2.91 bits per heavy atom. The first-order valence-electron chi connectivity index (χ1n) is 6.52. The van der Waals surface area contributed by atoms with Gasteiger partial charge in [0, 0.05) is 11.6 Å². The standard InChI is InChI=1S/C14H13ClN4O3S/c1-9(10-4-5-12(15)13(7-10)19(20)21)17-18-14(23)16-8-11-3-2-6-22-11/h2-7H,8H2,1H3,(H2,16,18,23)/b17-9+. The van der Waals surface area contributed by atoms with Gasteiger partial charge in [0.05, 0.1) is 23.4 Å². The molecule has 0 aliphatic carbocycles. The van der Waals surface area contributed by atoms with Crippen LogP contribution in [0.1, 0.15) is 18.2 Å². The maximum Gasteiger partial charge on any atom is 0.288 e. The molecule has 2 rings (SSSR count). The molecule has 0 aliphatic rings. The van der Waals surface area contributed by atoms with Crippen LogP contribution in [0.15, 0.2) is 46.1 Å². The molecule has 7 nitrogen and oxygen atoms in total. The van der Waals surface area contributed by atoms with Crippen LogP contribution in [0.2, 0.25) is 5.02 Å². The van der Waals surface area contributed by atoms with Crippen LogP contribution in [0.4, 0.5) is 5.69 Å². The molecule has 0 aliphatic heterocycles. The Balaban J connectivity index is 1.98. The summed E-state index contributed by atoms with van der Waals surface area (Å²) in [7, 11) is 0. The Morgan fingerprint density at radius 2 is 2.26 bits per heavy atom.